The molecule has 33 heavy (non-hydrogen) atoms. The molecule has 0 fully saturated rings. The Kier molecular flexibility index (Phi) is 7.56. The van der Waals surface area contributed by atoms with Crippen molar-refractivity contribution in [2.75, 3.05) is 36.1 Å². The Morgan fingerprint density at radius 1 is 0.818 bits per heavy atom. The van der Waals surface area contributed by atoms with Crippen LogP contribution in [-0.2, 0) is 0 Å². The molecule has 0 radical (unpaired) electrons. The first-order valence-corrected chi connectivity index (χ1v) is 11.3. The van der Waals surface area contributed by atoms with Crippen LogP contribution < -0.4 is 21.3 Å². The number of unbranched alkanes of at least 4 members (excludes halogenated alkanes) is 1. The van der Waals surface area contributed by atoms with E-state index in [2.05, 4.69) is 55.1 Å². The highest BCUT2D eigenvalue weighted by Crippen LogP contribution is 2.23. The van der Waals surface area contributed by atoms with Crippen molar-refractivity contribution in [3.05, 3.63) is 84.8 Å². The average Bonchev–Trinajstić information content (AvgIpc) is 3.38. The number of benzene rings is 2. The van der Waals surface area contributed by atoms with Gasteiger partial charge in [-0.1, -0.05) is 6.07 Å². The Balaban J connectivity index is 1.39. The highest BCUT2D eigenvalue weighted by Gasteiger charge is 2.06. The van der Waals surface area contributed by atoms with Crippen molar-refractivity contribution in [2.24, 2.45) is 0 Å². The molecule has 0 amide bonds. The van der Waals surface area contributed by atoms with Gasteiger partial charge < -0.3 is 25.8 Å². The number of nitrogens with one attached hydrogen (secondary N) is 4. The number of rotatable bonds is 11. The van der Waals surface area contributed by atoms with E-state index in [4.69, 9.17) is 4.98 Å². The van der Waals surface area contributed by atoms with E-state index >= 15 is 0 Å². The van der Waals surface area contributed by atoms with Gasteiger partial charge in [-0.2, -0.15) is 4.98 Å². The van der Waals surface area contributed by atoms with Gasteiger partial charge in [0.15, 0.2) is 0 Å². The molecule has 0 aliphatic heterocycles. The van der Waals surface area contributed by atoms with Crippen LogP contribution in [0.4, 0.5) is 28.8 Å². The first-order chi connectivity index (χ1) is 16.2. The Labute approximate surface area is 195 Å². The fourth-order valence-corrected chi connectivity index (χ4v) is 3.48. The lowest BCUT2D eigenvalue weighted by Gasteiger charge is -2.13. The molecule has 4 N–H and O–H groups in total. The molecule has 2 heterocycles. The Bertz CT molecular complexity index is 1140. The summed E-state index contributed by atoms with van der Waals surface area (Å²) in [5.41, 5.74) is 5.09. The molecule has 0 unspecified atom stereocenters. The lowest BCUT2D eigenvalue weighted by molar-refractivity contribution is 0.694. The van der Waals surface area contributed by atoms with Crippen LogP contribution in [0.3, 0.4) is 0 Å². The molecule has 0 saturated carbocycles. The summed E-state index contributed by atoms with van der Waals surface area (Å²) in [7, 11) is 1.98. The molecule has 2 aromatic carbocycles. The van der Waals surface area contributed by atoms with Gasteiger partial charge in [0, 0.05) is 53.4 Å². The van der Waals surface area contributed by atoms with Gasteiger partial charge in [0.25, 0.3) is 0 Å². The van der Waals surface area contributed by atoms with Crippen LogP contribution in [-0.4, -0.2) is 34.7 Å². The first-order valence-electron chi connectivity index (χ1n) is 11.3. The highest BCUT2D eigenvalue weighted by atomic mass is 15.1. The zero-order valence-electron chi connectivity index (χ0n) is 19.2. The van der Waals surface area contributed by atoms with E-state index < -0.39 is 0 Å². The van der Waals surface area contributed by atoms with E-state index in [9.17, 15) is 0 Å². The van der Waals surface area contributed by atoms with Crippen LogP contribution in [0.25, 0.3) is 5.69 Å². The van der Waals surface area contributed by atoms with Crippen LogP contribution in [0.1, 0.15) is 18.4 Å². The van der Waals surface area contributed by atoms with Crippen LogP contribution in [0, 0.1) is 6.92 Å². The molecule has 0 aliphatic rings. The number of aryl methyl sites for hydroxylation is 1. The predicted molar refractivity (Wildman–Crippen MR) is 137 cm³/mol. The van der Waals surface area contributed by atoms with Gasteiger partial charge in [-0.05, 0) is 88.0 Å². The lowest BCUT2D eigenvalue weighted by Crippen LogP contribution is -2.10. The Morgan fingerprint density at radius 3 is 2.36 bits per heavy atom. The second-order valence-electron chi connectivity index (χ2n) is 7.93. The fourth-order valence-electron chi connectivity index (χ4n) is 3.48. The molecule has 2 aromatic heterocycles. The van der Waals surface area contributed by atoms with Crippen molar-refractivity contribution in [3.8, 4) is 5.69 Å². The third-order valence-corrected chi connectivity index (χ3v) is 5.31. The molecule has 7 heteroatoms. The maximum Gasteiger partial charge on any atom is 0.229 e. The lowest BCUT2D eigenvalue weighted by atomic mass is 10.2. The first kappa shape index (κ1) is 22.4. The molecule has 0 aliphatic carbocycles. The van der Waals surface area contributed by atoms with Crippen molar-refractivity contribution in [2.45, 2.75) is 19.8 Å². The van der Waals surface area contributed by atoms with Gasteiger partial charge in [-0.15, -0.1) is 0 Å². The fraction of sp³-hybridized carbons (Fsp3) is 0.231. The van der Waals surface area contributed by atoms with Crippen LogP contribution in [0.2, 0.25) is 0 Å². The average molecular weight is 442 g/mol. The van der Waals surface area contributed by atoms with Gasteiger partial charge in [0.1, 0.15) is 5.82 Å². The summed E-state index contributed by atoms with van der Waals surface area (Å²) in [4.78, 5) is 9.14. The number of nitrogens with zero attached hydrogens (tertiary/aromatic N) is 3. The summed E-state index contributed by atoms with van der Waals surface area (Å²) in [5.74, 6) is 1.33. The maximum absolute atomic E-state index is 4.69. The monoisotopic (exact) mass is 441 g/mol. The van der Waals surface area contributed by atoms with Crippen molar-refractivity contribution < 1.29 is 0 Å². The summed E-state index contributed by atoms with van der Waals surface area (Å²) in [5, 5.41) is 13.4. The Hall–Kier alpha value is -3.84. The third-order valence-electron chi connectivity index (χ3n) is 5.31. The zero-order chi connectivity index (χ0) is 22.9. The van der Waals surface area contributed by atoms with Gasteiger partial charge in [-0.25, -0.2) is 4.98 Å². The second-order valence-corrected chi connectivity index (χ2v) is 7.93. The van der Waals surface area contributed by atoms with Crippen LogP contribution in [0.5, 0.6) is 0 Å². The van der Waals surface area contributed by atoms with Crippen molar-refractivity contribution in [1.82, 2.24) is 19.9 Å². The van der Waals surface area contributed by atoms with Crippen LogP contribution >= 0.6 is 0 Å². The summed E-state index contributed by atoms with van der Waals surface area (Å²) in [6.07, 6.45) is 8.20. The van der Waals surface area contributed by atoms with Gasteiger partial charge in [-0.3, -0.25) is 0 Å². The minimum absolute atomic E-state index is 0.553. The molecule has 0 saturated heterocycles. The third kappa shape index (κ3) is 6.33. The van der Waals surface area contributed by atoms with Gasteiger partial charge >= 0.3 is 0 Å². The van der Waals surface area contributed by atoms with Crippen molar-refractivity contribution >= 4 is 28.8 Å². The minimum Gasteiger partial charge on any atom is -0.385 e. The normalized spacial score (nSPS) is 10.7. The molecule has 4 rings (SSSR count). The number of hydrogen-bond acceptors (Lipinski definition) is 6. The number of hydrogen-bond donors (Lipinski definition) is 4. The summed E-state index contributed by atoms with van der Waals surface area (Å²) >= 11 is 0. The number of anilines is 5. The zero-order valence-corrected chi connectivity index (χ0v) is 19.2. The highest BCUT2D eigenvalue weighted by molar-refractivity contribution is 5.64. The summed E-state index contributed by atoms with van der Waals surface area (Å²) in [6, 6.07) is 20.5. The topological polar surface area (TPSA) is 78.8 Å². The van der Waals surface area contributed by atoms with Gasteiger partial charge in [0.05, 0.1) is 0 Å². The molecule has 7 nitrogen and oxygen atoms in total. The minimum atomic E-state index is 0.553. The van der Waals surface area contributed by atoms with E-state index in [0.29, 0.717) is 5.95 Å². The molecule has 170 valence electrons. The van der Waals surface area contributed by atoms with Crippen molar-refractivity contribution in [1.29, 1.82) is 0 Å². The van der Waals surface area contributed by atoms with E-state index in [1.165, 1.54) is 6.42 Å². The summed E-state index contributed by atoms with van der Waals surface area (Å²) in [6.45, 7) is 4.02. The molecular formula is C26H31N7. The standard InChI is InChI=1S/C26H31N7/c1-20-19-29-26(31-22-12-10-21(11-13-22)28-15-4-3-14-27-2)32-25(20)30-23-8-7-9-24(18-23)33-16-5-6-17-33/h5-13,16-19,27-28H,3-4,14-15H2,1-2H3,(H2,29,30,31,32). The largest absolute Gasteiger partial charge is 0.385 e. The Morgan fingerprint density at radius 2 is 1.58 bits per heavy atom. The smallest absolute Gasteiger partial charge is 0.229 e. The molecule has 0 bridgehead atoms. The molecule has 0 atom stereocenters. The molecular weight excluding hydrogens is 410 g/mol. The van der Waals surface area contributed by atoms with E-state index in [1.807, 2.05) is 69.0 Å². The molecule has 0 spiro atoms. The summed E-state index contributed by atoms with van der Waals surface area (Å²) < 4.78 is 2.08. The predicted octanol–water partition coefficient (Wildman–Crippen LogP) is 5.47. The number of aromatic nitrogens is 3. The quantitative estimate of drug-likeness (QED) is 0.231. The van der Waals surface area contributed by atoms with E-state index in [0.717, 1.165) is 53.6 Å². The van der Waals surface area contributed by atoms with E-state index in [1.54, 1.807) is 0 Å². The maximum atomic E-state index is 4.69. The van der Waals surface area contributed by atoms with E-state index in [-0.39, 0.29) is 0 Å². The van der Waals surface area contributed by atoms with Crippen LogP contribution in [0.15, 0.2) is 79.3 Å². The van der Waals surface area contributed by atoms with Crippen molar-refractivity contribution in [3.63, 3.8) is 0 Å². The second kappa shape index (κ2) is 11.2. The molecule has 4 aromatic rings. The SMILES string of the molecule is CNCCCCNc1ccc(Nc2ncc(C)c(Nc3cccc(-n4cccc4)c3)n2)cc1. The van der Waals surface area contributed by atoms with Gasteiger partial charge in [0.2, 0.25) is 5.95 Å².